The first-order valence-corrected chi connectivity index (χ1v) is 6.54. The molecule has 0 bridgehead atoms. The number of nitrogens with one attached hydrogen (secondary N) is 1. The Bertz CT molecular complexity index is 434. The molecule has 0 aliphatic heterocycles. The normalized spacial score (nSPS) is 12.9. The zero-order chi connectivity index (χ0) is 14.5. The summed E-state index contributed by atoms with van der Waals surface area (Å²) >= 11 is 3.12. The zero-order valence-corrected chi connectivity index (χ0v) is 12.0. The van der Waals surface area contributed by atoms with E-state index in [0.29, 0.717) is 10.2 Å². The van der Waals surface area contributed by atoms with Gasteiger partial charge in [-0.05, 0) is 38.0 Å². The molecule has 1 aromatic rings. The van der Waals surface area contributed by atoms with Crippen LogP contribution in [0.2, 0.25) is 0 Å². The van der Waals surface area contributed by atoms with Crippen molar-refractivity contribution in [3.8, 4) is 5.75 Å². The summed E-state index contributed by atoms with van der Waals surface area (Å²) < 4.78 is 41.5. The van der Waals surface area contributed by atoms with Gasteiger partial charge in [-0.1, -0.05) is 22.0 Å². The van der Waals surface area contributed by atoms with Gasteiger partial charge in [0, 0.05) is 10.5 Å². The number of allylic oxidation sites excluding steroid dienone is 1. The van der Waals surface area contributed by atoms with Crippen LogP contribution in [0.15, 0.2) is 35.3 Å². The van der Waals surface area contributed by atoms with Crippen molar-refractivity contribution in [1.29, 1.82) is 0 Å². The summed E-state index contributed by atoms with van der Waals surface area (Å²) in [5.74, 6) is -0.243. The van der Waals surface area contributed by atoms with Crippen LogP contribution in [0.5, 0.6) is 5.75 Å². The summed E-state index contributed by atoms with van der Waals surface area (Å²) in [6.45, 7) is 5.50. The molecule has 1 atom stereocenters. The fourth-order valence-corrected chi connectivity index (χ4v) is 1.87. The quantitative estimate of drug-likeness (QED) is 0.728. The Morgan fingerprint density at radius 3 is 2.74 bits per heavy atom. The number of alkyl halides is 3. The summed E-state index contributed by atoms with van der Waals surface area (Å²) in [5.41, 5.74) is 0.317. The molecule has 0 heterocycles. The Morgan fingerprint density at radius 1 is 1.47 bits per heavy atom. The summed E-state index contributed by atoms with van der Waals surface area (Å²) in [5, 5.41) is 3.00. The topological polar surface area (TPSA) is 21.3 Å². The highest BCUT2D eigenvalue weighted by molar-refractivity contribution is 9.10. The summed E-state index contributed by atoms with van der Waals surface area (Å²) in [7, 11) is 0. The highest BCUT2D eigenvalue weighted by atomic mass is 79.9. The van der Waals surface area contributed by atoms with Crippen LogP contribution in [0.1, 0.15) is 19.8 Å². The molecule has 1 rings (SSSR count). The molecule has 106 valence electrons. The standard InChI is InChI=1S/C13H15BrF3NO/c1-3-4-5-9(2)18-11-7-6-10(14)8-12(11)19-13(15,16)17/h3,6-9,18H,1,4-5H2,2H3. The zero-order valence-electron chi connectivity index (χ0n) is 10.4. The van der Waals surface area contributed by atoms with Crippen LogP contribution in [-0.4, -0.2) is 12.4 Å². The molecule has 0 aliphatic carbocycles. The molecule has 0 fully saturated rings. The number of hydrogen-bond acceptors (Lipinski definition) is 2. The molecule has 0 aliphatic rings. The van der Waals surface area contributed by atoms with Gasteiger partial charge >= 0.3 is 6.36 Å². The largest absolute Gasteiger partial charge is 0.573 e. The number of benzene rings is 1. The second-order valence-corrected chi connectivity index (χ2v) is 5.02. The first-order chi connectivity index (χ1) is 8.81. The predicted octanol–water partition coefficient (Wildman–Crippen LogP) is 5.11. The molecule has 0 spiro atoms. The molecule has 1 unspecified atom stereocenters. The minimum Gasteiger partial charge on any atom is -0.404 e. The molecule has 1 aromatic carbocycles. The average Bonchev–Trinajstić information content (AvgIpc) is 2.28. The first kappa shape index (κ1) is 15.9. The Balaban J connectivity index is 2.84. The highest BCUT2D eigenvalue weighted by Crippen LogP contribution is 2.33. The van der Waals surface area contributed by atoms with Crippen molar-refractivity contribution in [3.05, 3.63) is 35.3 Å². The molecule has 0 saturated carbocycles. The Labute approximate surface area is 118 Å². The van der Waals surface area contributed by atoms with Gasteiger partial charge < -0.3 is 10.1 Å². The van der Waals surface area contributed by atoms with Gasteiger partial charge in [0.1, 0.15) is 0 Å². The second kappa shape index (κ2) is 6.84. The number of anilines is 1. The molecular formula is C13H15BrF3NO. The molecule has 2 nitrogen and oxygen atoms in total. The van der Waals surface area contributed by atoms with E-state index < -0.39 is 6.36 Å². The number of rotatable bonds is 6. The van der Waals surface area contributed by atoms with Gasteiger partial charge in [0.25, 0.3) is 0 Å². The maximum atomic E-state index is 12.3. The van der Waals surface area contributed by atoms with Crippen LogP contribution < -0.4 is 10.1 Å². The van der Waals surface area contributed by atoms with Gasteiger partial charge in [-0.15, -0.1) is 19.8 Å². The van der Waals surface area contributed by atoms with Crippen LogP contribution in [0.25, 0.3) is 0 Å². The maximum absolute atomic E-state index is 12.3. The van der Waals surface area contributed by atoms with Crippen LogP contribution >= 0.6 is 15.9 Å². The fourth-order valence-electron chi connectivity index (χ4n) is 1.53. The molecular weight excluding hydrogens is 323 g/mol. The van der Waals surface area contributed by atoms with Gasteiger partial charge in [-0.3, -0.25) is 0 Å². The van der Waals surface area contributed by atoms with Crippen molar-refractivity contribution in [1.82, 2.24) is 0 Å². The third kappa shape index (κ3) is 6.00. The summed E-state index contributed by atoms with van der Waals surface area (Å²) in [6.07, 6.45) is -1.36. The number of halogens is 4. The Hall–Kier alpha value is -1.17. The van der Waals surface area contributed by atoms with E-state index in [4.69, 9.17) is 0 Å². The Kier molecular flexibility index (Phi) is 5.72. The van der Waals surface area contributed by atoms with E-state index in [2.05, 4.69) is 32.6 Å². The number of ether oxygens (including phenoxy) is 1. The highest BCUT2D eigenvalue weighted by Gasteiger charge is 2.32. The second-order valence-electron chi connectivity index (χ2n) is 4.10. The maximum Gasteiger partial charge on any atom is 0.573 e. The van der Waals surface area contributed by atoms with E-state index in [1.165, 1.54) is 6.07 Å². The lowest BCUT2D eigenvalue weighted by molar-refractivity contribution is -0.274. The van der Waals surface area contributed by atoms with Crippen LogP contribution in [0.3, 0.4) is 0 Å². The van der Waals surface area contributed by atoms with E-state index in [0.717, 1.165) is 12.8 Å². The molecule has 0 radical (unpaired) electrons. The van der Waals surface area contributed by atoms with Crippen LogP contribution in [0, 0.1) is 0 Å². The van der Waals surface area contributed by atoms with E-state index in [-0.39, 0.29) is 11.8 Å². The Morgan fingerprint density at radius 2 is 2.16 bits per heavy atom. The minimum absolute atomic E-state index is 0.0229. The van der Waals surface area contributed by atoms with Gasteiger partial charge in [-0.25, -0.2) is 0 Å². The van der Waals surface area contributed by atoms with Crippen molar-refractivity contribution in [2.24, 2.45) is 0 Å². The van der Waals surface area contributed by atoms with Crippen molar-refractivity contribution >= 4 is 21.6 Å². The van der Waals surface area contributed by atoms with Crippen LogP contribution in [-0.2, 0) is 0 Å². The SMILES string of the molecule is C=CCCC(C)Nc1ccc(Br)cc1OC(F)(F)F. The van der Waals surface area contributed by atoms with Crippen molar-refractivity contribution < 1.29 is 17.9 Å². The predicted molar refractivity (Wildman–Crippen MR) is 73.3 cm³/mol. The monoisotopic (exact) mass is 337 g/mol. The molecule has 19 heavy (non-hydrogen) atoms. The average molecular weight is 338 g/mol. The summed E-state index contributed by atoms with van der Waals surface area (Å²) in [6, 6.07) is 4.52. The molecule has 6 heteroatoms. The van der Waals surface area contributed by atoms with E-state index in [1.807, 2.05) is 6.92 Å². The van der Waals surface area contributed by atoms with Crippen molar-refractivity contribution in [2.75, 3.05) is 5.32 Å². The lowest BCUT2D eigenvalue weighted by atomic mass is 10.1. The van der Waals surface area contributed by atoms with Crippen molar-refractivity contribution in [3.63, 3.8) is 0 Å². The molecule has 0 saturated heterocycles. The van der Waals surface area contributed by atoms with Gasteiger partial charge in [-0.2, -0.15) is 0 Å². The fraction of sp³-hybridized carbons (Fsp3) is 0.385. The van der Waals surface area contributed by atoms with Gasteiger partial charge in [0.2, 0.25) is 0 Å². The third-order valence-corrected chi connectivity index (χ3v) is 2.87. The molecule has 1 N–H and O–H groups in total. The lowest BCUT2D eigenvalue weighted by Gasteiger charge is -2.19. The van der Waals surface area contributed by atoms with E-state index in [1.54, 1.807) is 18.2 Å². The number of hydrogen-bond donors (Lipinski definition) is 1. The van der Waals surface area contributed by atoms with Gasteiger partial charge in [0.15, 0.2) is 5.75 Å². The van der Waals surface area contributed by atoms with Crippen molar-refractivity contribution in [2.45, 2.75) is 32.2 Å². The summed E-state index contributed by atoms with van der Waals surface area (Å²) in [4.78, 5) is 0. The van der Waals surface area contributed by atoms with Crippen LogP contribution in [0.4, 0.5) is 18.9 Å². The minimum atomic E-state index is -4.71. The molecule has 0 amide bonds. The smallest absolute Gasteiger partial charge is 0.404 e. The van der Waals surface area contributed by atoms with E-state index >= 15 is 0 Å². The third-order valence-electron chi connectivity index (χ3n) is 2.38. The lowest BCUT2D eigenvalue weighted by Crippen LogP contribution is -2.20. The first-order valence-electron chi connectivity index (χ1n) is 5.74. The van der Waals surface area contributed by atoms with E-state index in [9.17, 15) is 13.2 Å². The van der Waals surface area contributed by atoms with Gasteiger partial charge in [0.05, 0.1) is 5.69 Å². The molecule has 0 aromatic heterocycles.